The molecule has 0 aliphatic carbocycles. The van der Waals surface area contributed by atoms with E-state index in [9.17, 15) is 9.59 Å². The number of carbonyl (C=O) groups is 1. The van der Waals surface area contributed by atoms with Gasteiger partial charge in [-0.05, 0) is 64.2 Å². The third kappa shape index (κ3) is 6.86. The number of nitrogens with zero attached hydrogens (tertiary/aromatic N) is 3. The maximum absolute atomic E-state index is 11.8. The maximum atomic E-state index is 11.8. The van der Waals surface area contributed by atoms with Gasteiger partial charge in [0.1, 0.15) is 5.82 Å². The lowest BCUT2D eigenvalue weighted by molar-refractivity contribution is -0.143. The van der Waals surface area contributed by atoms with E-state index in [0.29, 0.717) is 18.9 Å². The third-order valence-electron chi connectivity index (χ3n) is 4.72. The van der Waals surface area contributed by atoms with Gasteiger partial charge in [-0.15, -0.1) is 0 Å². The molecule has 25 heavy (non-hydrogen) atoms. The van der Waals surface area contributed by atoms with Gasteiger partial charge in [0.05, 0.1) is 6.61 Å². The monoisotopic (exact) mass is 350 g/mol. The second-order valence-corrected chi connectivity index (χ2v) is 6.69. The summed E-state index contributed by atoms with van der Waals surface area (Å²) in [6.07, 6.45) is 7.54. The third-order valence-corrected chi connectivity index (χ3v) is 4.72. The number of piperidine rings is 1. The summed E-state index contributed by atoms with van der Waals surface area (Å²) >= 11 is 0. The Hall–Kier alpha value is -1.89. The number of nitrogen functional groups attached to an aromatic ring is 1. The first kappa shape index (κ1) is 19.4. The van der Waals surface area contributed by atoms with E-state index in [1.165, 1.54) is 0 Å². The van der Waals surface area contributed by atoms with Crippen LogP contribution in [0.4, 0.5) is 5.82 Å². The first-order chi connectivity index (χ1) is 12.1. The smallest absolute Gasteiger partial charge is 0.349 e. The highest BCUT2D eigenvalue weighted by molar-refractivity contribution is 5.69. The number of esters is 1. The minimum absolute atomic E-state index is 0.0873. The summed E-state index contributed by atoms with van der Waals surface area (Å²) in [7, 11) is 0. The van der Waals surface area contributed by atoms with E-state index in [2.05, 4.69) is 9.88 Å². The number of hydrogen-bond donors (Lipinski definition) is 1. The minimum Gasteiger partial charge on any atom is -0.466 e. The van der Waals surface area contributed by atoms with E-state index in [1.807, 2.05) is 6.92 Å². The van der Waals surface area contributed by atoms with Crippen LogP contribution in [0.2, 0.25) is 0 Å². The van der Waals surface area contributed by atoms with Gasteiger partial charge in [0.25, 0.3) is 0 Å². The summed E-state index contributed by atoms with van der Waals surface area (Å²) in [6.45, 7) is 6.24. The summed E-state index contributed by atoms with van der Waals surface area (Å²) in [4.78, 5) is 29.3. The van der Waals surface area contributed by atoms with E-state index in [0.717, 1.165) is 58.3 Å². The average Bonchev–Trinajstić information content (AvgIpc) is 2.59. The number of hydrogen-bond acceptors (Lipinski definition) is 6. The Morgan fingerprint density at radius 3 is 2.76 bits per heavy atom. The van der Waals surface area contributed by atoms with Gasteiger partial charge in [-0.1, -0.05) is 6.42 Å². The Balaban J connectivity index is 1.60. The van der Waals surface area contributed by atoms with Crippen LogP contribution < -0.4 is 11.4 Å². The normalized spacial score (nSPS) is 16.0. The van der Waals surface area contributed by atoms with Crippen LogP contribution in [-0.2, 0) is 16.1 Å². The van der Waals surface area contributed by atoms with E-state index in [1.54, 1.807) is 16.8 Å². The molecule has 0 radical (unpaired) electrons. The lowest BCUT2D eigenvalue weighted by atomic mass is 9.96. The van der Waals surface area contributed by atoms with Gasteiger partial charge >= 0.3 is 11.7 Å². The second-order valence-electron chi connectivity index (χ2n) is 6.69. The Labute approximate surface area is 149 Å². The molecule has 2 rings (SSSR count). The molecule has 1 aliphatic heterocycles. The molecule has 7 nitrogen and oxygen atoms in total. The predicted octanol–water partition coefficient (Wildman–Crippen LogP) is 1.66. The fraction of sp³-hybridized carbons (Fsp3) is 0.722. The zero-order chi connectivity index (χ0) is 18.1. The number of ether oxygens (including phenoxy) is 1. The molecule has 2 heterocycles. The standard InChI is InChI=1S/C18H30N4O3/c1-2-25-17(23)6-4-3-5-10-21-11-7-15(8-12-21)14-22-13-9-16(19)20-18(22)24/h9,13,15H,2-8,10-12,14H2,1H3,(H2,19,20,24). The number of aromatic nitrogens is 2. The van der Waals surface area contributed by atoms with Crippen molar-refractivity contribution in [1.82, 2.24) is 14.5 Å². The zero-order valence-corrected chi connectivity index (χ0v) is 15.2. The van der Waals surface area contributed by atoms with E-state index in [4.69, 9.17) is 10.5 Å². The molecule has 1 aromatic heterocycles. The lowest BCUT2D eigenvalue weighted by Crippen LogP contribution is -2.37. The van der Waals surface area contributed by atoms with E-state index in [-0.39, 0.29) is 17.5 Å². The Bertz CT molecular complexity index is 594. The van der Waals surface area contributed by atoms with Gasteiger partial charge in [-0.3, -0.25) is 9.36 Å². The molecular weight excluding hydrogens is 320 g/mol. The van der Waals surface area contributed by atoms with Crippen LogP contribution >= 0.6 is 0 Å². The molecule has 1 aliphatic rings. The molecule has 7 heteroatoms. The molecule has 0 bridgehead atoms. The van der Waals surface area contributed by atoms with Gasteiger partial charge < -0.3 is 15.4 Å². The Morgan fingerprint density at radius 2 is 2.08 bits per heavy atom. The molecule has 0 aromatic carbocycles. The van der Waals surface area contributed by atoms with Crippen molar-refractivity contribution >= 4 is 11.8 Å². The van der Waals surface area contributed by atoms with Crippen molar-refractivity contribution in [1.29, 1.82) is 0 Å². The number of anilines is 1. The largest absolute Gasteiger partial charge is 0.466 e. The molecule has 1 saturated heterocycles. The highest BCUT2D eigenvalue weighted by Gasteiger charge is 2.19. The van der Waals surface area contributed by atoms with Crippen molar-refractivity contribution in [3.8, 4) is 0 Å². The van der Waals surface area contributed by atoms with Crippen LogP contribution in [-0.4, -0.2) is 46.7 Å². The Morgan fingerprint density at radius 1 is 1.32 bits per heavy atom. The summed E-state index contributed by atoms with van der Waals surface area (Å²) in [5.74, 6) is 0.706. The van der Waals surface area contributed by atoms with Crippen LogP contribution in [0.25, 0.3) is 0 Å². The van der Waals surface area contributed by atoms with Gasteiger partial charge in [-0.2, -0.15) is 4.98 Å². The van der Waals surface area contributed by atoms with Crippen molar-refractivity contribution in [3.63, 3.8) is 0 Å². The van der Waals surface area contributed by atoms with E-state index >= 15 is 0 Å². The highest BCUT2D eigenvalue weighted by atomic mass is 16.5. The molecule has 140 valence electrons. The van der Waals surface area contributed by atoms with E-state index < -0.39 is 0 Å². The number of rotatable bonds is 9. The van der Waals surface area contributed by atoms with Gasteiger partial charge in [0.15, 0.2) is 0 Å². The number of unbranched alkanes of at least 4 members (excludes halogenated alkanes) is 2. The van der Waals surface area contributed by atoms with Gasteiger partial charge in [0.2, 0.25) is 0 Å². The molecule has 0 spiro atoms. The molecule has 0 amide bonds. The fourth-order valence-electron chi connectivity index (χ4n) is 3.27. The SMILES string of the molecule is CCOC(=O)CCCCCN1CCC(Cn2ccc(N)nc2=O)CC1. The molecule has 2 N–H and O–H groups in total. The second kappa shape index (κ2) is 10.2. The number of likely N-dealkylation sites (tertiary alicyclic amines) is 1. The summed E-state index contributed by atoms with van der Waals surface area (Å²) in [5, 5.41) is 0. The molecule has 0 unspecified atom stereocenters. The predicted molar refractivity (Wildman–Crippen MR) is 97.2 cm³/mol. The molecule has 1 fully saturated rings. The quantitative estimate of drug-likeness (QED) is 0.538. The highest BCUT2D eigenvalue weighted by Crippen LogP contribution is 2.19. The lowest BCUT2D eigenvalue weighted by Gasteiger charge is -2.32. The average molecular weight is 350 g/mol. The van der Waals surface area contributed by atoms with Crippen molar-refractivity contribution in [3.05, 3.63) is 22.7 Å². The van der Waals surface area contributed by atoms with Crippen molar-refractivity contribution in [2.45, 2.75) is 52.0 Å². The summed E-state index contributed by atoms with van der Waals surface area (Å²) < 4.78 is 6.59. The summed E-state index contributed by atoms with van der Waals surface area (Å²) in [5.41, 5.74) is 5.26. The zero-order valence-electron chi connectivity index (χ0n) is 15.2. The topological polar surface area (TPSA) is 90.4 Å². The minimum atomic E-state index is -0.260. The maximum Gasteiger partial charge on any atom is 0.349 e. The molecular formula is C18H30N4O3. The van der Waals surface area contributed by atoms with Crippen molar-refractivity contribution < 1.29 is 9.53 Å². The first-order valence-corrected chi connectivity index (χ1v) is 9.29. The number of nitrogens with two attached hydrogens (primary N) is 1. The van der Waals surface area contributed by atoms with Crippen molar-refractivity contribution in [2.24, 2.45) is 5.92 Å². The molecule has 0 atom stereocenters. The van der Waals surface area contributed by atoms with Crippen LogP contribution in [0.15, 0.2) is 17.1 Å². The summed E-state index contributed by atoms with van der Waals surface area (Å²) in [6, 6.07) is 1.67. The van der Waals surface area contributed by atoms with Crippen LogP contribution in [0, 0.1) is 5.92 Å². The van der Waals surface area contributed by atoms with Crippen LogP contribution in [0.1, 0.15) is 45.4 Å². The molecule has 1 aromatic rings. The Kier molecular flexibility index (Phi) is 7.91. The van der Waals surface area contributed by atoms with Crippen molar-refractivity contribution in [2.75, 3.05) is 32.0 Å². The first-order valence-electron chi connectivity index (χ1n) is 9.29. The van der Waals surface area contributed by atoms with Gasteiger partial charge in [-0.25, -0.2) is 4.79 Å². The van der Waals surface area contributed by atoms with Crippen LogP contribution in [0.3, 0.4) is 0 Å². The molecule has 0 saturated carbocycles. The fourth-order valence-corrected chi connectivity index (χ4v) is 3.27. The van der Waals surface area contributed by atoms with Crippen LogP contribution in [0.5, 0.6) is 0 Å². The van der Waals surface area contributed by atoms with Gasteiger partial charge in [0, 0.05) is 19.2 Å². The number of carbonyl (C=O) groups excluding carboxylic acids is 1.